The lowest BCUT2D eigenvalue weighted by Gasteiger charge is -2.20. The Morgan fingerprint density at radius 1 is 1.03 bits per heavy atom. The van der Waals surface area contributed by atoms with Gasteiger partial charge in [0, 0.05) is 18.2 Å². The number of benzene rings is 3. The molecule has 0 unspecified atom stereocenters. The van der Waals surface area contributed by atoms with Crippen molar-refractivity contribution in [2.45, 2.75) is 20.1 Å². The van der Waals surface area contributed by atoms with Crippen LogP contribution in [0.15, 0.2) is 66.9 Å². The Balaban J connectivity index is 1.43. The van der Waals surface area contributed by atoms with E-state index in [1.54, 1.807) is 43.3 Å². The molecule has 3 aromatic carbocycles. The molecular weight excluding hydrogens is 496 g/mol. The second-order valence-electron chi connectivity index (χ2n) is 8.54. The Labute approximate surface area is 217 Å². The number of rotatable bonds is 10. The average molecular weight is 522 g/mol. The number of aliphatic carboxylic acids is 1. The van der Waals surface area contributed by atoms with E-state index in [1.165, 1.54) is 18.2 Å². The fourth-order valence-corrected chi connectivity index (χ4v) is 3.92. The number of nitrogens with zero attached hydrogens (tertiary/aromatic N) is 2. The van der Waals surface area contributed by atoms with Crippen molar-refractivity contribution in [3.63, 3.8) is 0 Å². The molecule has 0 aliphatic rings. The lowest BCUT2D eigenvalue weighted by Crippen LogP contribution is -2.35. The maximum absolute atomic E-state index is 13.8. The molecule has 38 heavy (non-hydrogen) atoms. The lowest BCUT2D eigenvalue weighted by atomic mass is 10.0. The minimum absolute atomic E-state index is 0.0851. The van der Waals surface area contributed by atoms with Crippen molar-refractivity contribution in [3.8, 4) is 22.6 Å². The summed E-state index contributed by atoms with van der Waals surface area (Å²) in [6.45, 7) is 1.54. The number of aromatic amines is 1. The third-order valence-corrected chi connectivity index (χ3v) is 5.72. The summed E-state index contributed by atoms with van der Waals surface area (Å²) in [4.78, 5) is 32.2. The van der Waals surface area contributed by atoms with Crippen LogP contribution in [0.25, 0.3) is 11.1 Å². The molecule has 8 nitrogen and oxygen atoms in total. The molecule has 0 spiro atoms. The Hall–Kier alpha value is -4.73. The molecule has 1 aromatic heterocycles. The molecule has 0 bridgehead atoms. The normalized spacial score (nSPS) is 10.7. The molecule has 0 aliphatic heterocycles. The van der Waals surface area contributed by atoms with E-state index in [0.717, 1.165) is 23.3 Å². The number of carboxylic acids is 1. The van der Waals surface area contributed by atoms with E-state index in [-0.39, 0.29) is 24.6 Å². The van der Waals surface area contributed by atoms with E-state index >= 15 is 0 Å². The van der Waals surface area contributed by atoms with Gasteiger partial charge in [0.25, 0.3) is 5.91 Å². The molecule has 0 radical (unpaired) electrons. The third kappa shape index (κ3) is 6.33. The van der Waals surface area contributed by atoms with Gasteiger partial charge in [-0.05, 0) is 41.8 Å². The predicted molar refractivity (Wildman–Crippen MR) is 135 cm³/mol. The van der Waals surface area contributed by atoms with Crippen molar-refractivity contribution in [3.05, 3.63) is 101 Å². The van der Waals surface area contributed by atoms with Crippen LogP contribution in [-0.2, 0) is 17.9 Å². The first kappa shape index (κ1) is 26.3. The first-order valence-electron chi connectivity index (χ1n) is 11.6. The maximum Gasteiger partial charge on any atom is 0.323 e. The van der Waals surface area contributed by atoms with Gasteiger partial charge in [-0.25, -0.2) is 13.8 Å². The number of hydrogen-bond acceptors (Lipinski definition) is 5. The zero-order valence-electron chi connectivity index (χ0n) is 20.7. The molecule has 0 saturated carbocycles. The second kappa shape index (κ2) is 11.5. The molecule has 0 aliphatic carbocycles. The average Bonchev–Trinajstić information content (AvgIpc) is 3.34. The van der Waals surface area contributed by atoms with Crippen LogP contribution in [0.5, 0.6) is 11.5 Å². The van der Waals surface area contributed by atoms with Gasteiger partial charge < -0.3 is 24.5 Å². The Kier molecular flexibility index (Phi) is 8.00. The van der Waals surface area contributed by atoms with Crippen LogP contribution in [0.1, 0.15) is 27.4 Å². The number of carboxylic acid groups (broad SMARTS) is 1. The van der Waals surface area contributed by atoms with E-state index in [4.69, 9.17) is 9.47 Å². The summed E-state index contributed by atoms with van der Waals surface area (Å²) in [5, 5.41) is 9.29. The maximum atomic E-state index is 13.8. The van der Waals surface area contributed by atoms with Crippen LogP contribution < -0.4 is 9.47 Å². The summed E-state index contributed by atoms with van der Waals surface area (Å²) >= 11 is 0. The topological polar surface area (TPSA) is 105 Å². The number of carbonyl (C=O) groups is 2. The number of methoxy groups -OCH3 is 1. The van der Waals surface area contributed by atoms with E-state index in [9.17, 15) is 23.5 Å². The number of hydrogen-bond donors (Lipinski definition) is 2. The molecule has 0 saturated heterocycles. The number of amides is 1. The van der Waals surface area contributed by atoms with Crippen molar-refractivity contribution < 1.29 is 33.0 Å². The van der Waals surface area contributed by atoms with Gasteiger partial charge in [0.15, 0.2) is 11.6 Å². The van der Waals surface area contributed by atoms with Crippen molar-refractivity contribution in [2.24, 2.45) is 0 Å². The summed E-state index contributed by atoms with van der Waals surface area (Å²) in [6.07, 6.45) is 1.38. The highest BCUT2D eigenvalue weighted by Crippen LogP contribution is 2.33. The van der Waals surface area contributed by atoms with Gasteiger partial charge in [-0.2, -0.15) is 0 Å². The summed E-state index contributed by atoms with van der Waals surface area (Å²) in [5.74, 6) is -2.22. The van der Waals surface area contributed by atoms with Gasteiger partial charge >= 0.3 is 5.97 Å². The third-order valence-electron chi connectivity index (χ3n) is 5.72. The van der Waals surface area contributed by atoms with Gasteiger partial charge in [-0.3, -0.25) is 9.59 Å². The smallest absolute Gasteiger partial charge is 0.323 e. The highest BCUT2D eigenvalue weighted by Gasteiger charge is 2.21. The first-order valence-corrected chi connectivity index (χ1v) is 11.6. The van der Waals surface area contributed by atoms with Crippen LogP contribution in [0, 0.1) is 18.6 Å². The number of aryl methyl sites for hydroxylation is 1. The SMILES string of the molecule is COc1cc(F)c(F)cc1-c1ccc(OCc2cccc(CN(CC(=O)O)C(=O)c3cnc(C)[nH]3)c2)cc1. The number of imidazole rings is 1. The summed E-state index contributed by atoms with van der Waals surface area (Å²) in [7, 11) is 1.39. The fourth-order valence-electron chi connectivity index (χ4n) is 3.92. The summed E-state index contributed by atoms with van der Waals surface area (Å²) in [5.41, 5.74) is 2.81. The molecule has 0 fully saturated rings. The van der Waals surface area contributed by atoms with Gasteiger partial charge in [0.2, 0.25) is 0 Å². The first-order chi connectivity index (χ1) is 18.2. The van der Waals surface area contributed by atoms with Gasteiger partial charge in [-0.1, -0.05) is 36.4 Å². The Bertz CT molecular complexity index is 1450. The predicted octanol–water partition coefficient (Wildman–Crippen LogP) is 4.98. The van der Waals surface area contributed by atoms with E-state index in [2.05, 4.69) is 9.97 Å². The van der Waals surface area contributed by atoms with E-state index in [1.807, 2.05) is 12.1 Å². The highest BCUT2D eigenvalue weighted by atomic mass is 19.2. The molecule has 1 amide bonds. The van der Waals surface area contributed by atoms with Crippen molar-refractivity contribution in [1.82, 2.24) is 14.9 Å². The van der Waals surface area contributed by atoms with Crippen LogP contribution in [0.3, 0.4) is 0 Å². The van der Waals surface area contributed by atoms with Gasteiger partial charge in [-0.15, -0.1) is 0 Å². The minimum atomic E-state index is -1.13. The molecule has 1 heterocycles. The number of aromatic nitrogens is 2. The largest absolute Gasteiger partial charge is 0.496 e. The number of halogens is 2. The van der Waals surface area contributed by atoms with Gasteiger partial charge in [0.05, 0.1) is 13.3 Å². The number of nitrogens with one attached hydrogen (secondary N) is 1. The monoisotopic (exact) mass is 521 g/mol. The van der Waals surface area contributed by atoms with Crippen LogP contribution in [0.4, 0.5) is 8.78 Å². The highest BCUT2D eigenvalue weighted by molar-refractivity contribution is 5.94. The van der Waals surface area contributed by atoms with E-state index in [0.29, 0.717) is 22.7 Å². The molecule has 10 heteroatoms. The molecule has 196 valence electrons. The van der Waals surface area contributed by atoms with Crippen LogP contribution in [-0.4, -0.2) is 45.5 Å². The zero-order chi connectivity index (χ0) is 27.2. The van der Waals surface area contributed by atoms with Crippen LogP contribution in [0.2, 0.25) is 0 Å². The molecule has 4 rings (SSSR count). The standard InChI is InChI=1S/C28H25F2N3O5/c1-17-31-13-25(32-17)28(36)33(15-27(34)35)14-18-4-3-5-19(10-18)16-38-21-8-6-20(7-9-21)22-11-23(29)24(30)12-26(22)37-2/h3-13H,14-16H2,1-2H3,(H,31,32)(H,34,35). The number of H-pyrrole nitrogens is 1. The fraction of sp³-hybridized carbons (Fsp3) is 0.179. The van der Waals surface area contributed by atoms with Crippen molar-refractivity contribution in [2.75, 3.05) is 13.7 Å². The molecule has 4 aromatic rings. The molecule has 0 atom stereocenters. The summed E-state index contributed by atoms with van der Waals surface area (Å²) < 4.78 is 38.3. The van der Waals surface area contributed by atoms with Crippen molar-refractivity contribution in [1.29, 1.82) is 0 Å². The summed E-state index contributed by atoms with van der Waals surface area (Å²) in [6, 6.07) is 16.2. The van der Waals surface area contributed by atoms with Gasteiger partial charge in [0.1, 0.15) is 36.2 Å². The number of ether oxygens (including phenoxy) is 2. The quantitative estimate of drug-likeness (QED) is 0.305. The lowest BCUT2D eigenvalue weighted by molar-refractivity contribution is -0.137. The van der Waals surface area contributed by atoms with E-state index < -0.39 is 30.1 Å². The van der Waals surface area contributed by atoms with Crippen molar-refractivity contribution >= 4 is 11.9 Å². The molecular formula is C28H25F2N3O5. The van der Waals surface area contributed by atoms with Crippen LogP contribution >= 0.6 is 0 Å². The number of carbonyl (C=O) groups excluding carboxylic acids is 1. The Morgan fingerprint density at radius 3 is 2.39 bits per heavy atom. The minimum Gasteiger partial charge on any atom is -0.496 e. The molecule has 2 N–H and O–H groups in total. The zero-order valence-corrected chi connectivity index (χ0v) is 20.7. The second-order valence-corrected chi connectivity index (χ2v) is 8.54. The Morgan fingerprint density at radius 2 is 1.74 bits per heavy atom.